The maximum Gasteiger partial charge on any atom is 0.220 e. The molecular weight excluding hydrogens is 412 g/mol. The molecule has 0 spiro atoms. The standard InChI is InChI=1S/C28H42N2O3/c1-2-3-4-5-8-11-14-24(31)15-12-9-6-7-10-13-16-28(33)29-20-19-23-22-30-27-18-17-25(32)21-26(23)27/h12,15,17-18,21-22,30,32H,2-11,13-14,16,19-20H2,1H3,(H,29,33)/b15-12+. The van der Waals surface area contributed by atoms with Crippen LogP contribution in [0, 0.1) is 0 Å². The first-order valence-electron chi connectivity index (χ1n) is 12.8. The normalized spacial score (nSPS) is 11.4. The Hall–Kier alpha value is -2.56. The predicted octanol–water partition coefficient (Wildman–Crippen LogP) is 6.75. The van der Waals surface area contributed by atoms with Gasteiger partial charge in [-0.25, -0.2) is 0 Å². The summed E-state index contributed by atoms with van der Waals surface area (Å²) in [5, 5.41) is 13.7. The van der Waals surface area contributed by atoms with Crippen LogP contribution >= 0.6 is 0 Å². The zero-order chi connectivity index (χ0) is 23.7. The number of phenols is 1. The summed E-state index contributed by atoms with van der Waals surface area (Å²) in [6, 6.07) is 5.28. The first-order valence-corrected chi connectivity index (χ1v) is 12.8. The Morgan fingerprint density at radius 3 is 2.52 bits per heavy atom. The van der Waals surface area contributed by atoms with Crippen molar-refractivity contribution in [2.24, 2.45) is 0 Å². The summed E-state index contributed by atoms with van der Waals surface area (Å²) in [4.78, 5) is 27.1. The van der Waals surface area contributed by atoms with E-state index in [0.29, 0.717) is 19.4 Å². The van der Waals surface area contributed by atoms with Gasteiger partial charge in [0.1, 0.15) is 5.75 Å². The molecule has 2 rings (SSSR count). The van der Waals surface area contributed by atoms with Gasteiger partial charge < -0.3 is 15.4 Å². The molecule has 1 aromatic heterocycles. The molecule has 0 fully saturated rings. The molecule has 33 heavy (non-hydrogen) atoms. The van der Waals surface area contributed by atoms with Crippen molar-refractivity contribution in [3.05, 3.63) is 42.1 Å². The quantitative estimate of drug-likeness (QED) is 0.172. The number of phenolic OH excluding ortho intramolecular Hbond substituents is 1. The minimum atomic E-state index is 0.0953. The number of ketones is 1. The first kappa shape index (κ1) is 26.7. The topological polar surface area (TPSA) is 82.2 Å². The number of hydrogen-bond donors (Lipinski definition) is 3. The predicted molar refractivity (Wildman–Crippen MR) is 137 cm³/mol. The minimum Gasteiger partial charge on any atom is -0.508 e. The molecule has 0 aliphatic rings. The lowest BCUT2D eigenvalue weighted by atomic mass is 10.1. The van der Waals surface area contributed by atoms with Gasteiger partial charge >= 0.3 is 0 Å². The van der Waals surface area contributed by atoms with Crippen LogP contribution in [0.3, 0.4) is 0 Å². The van der Waals surface area contributed by atoms with E-state index in [-0.39, 0.29) is 17.4 Å². The van der Waals surface area contributed by atoms with Crippen molar-refractivity contribution in [1.82, 2.24) is 10.3 Å². The lowest BCUT2D eigenvalue weighted by Crippen LogP contribution is -2.25. The maximum atomic E-state index is 12.1. The fraction of sp³-hybridized carbons (Fsp3) is 0.571. The van der Waals surface area contributed by atoms with Crippen LogP contribution in [-0.4, -0.2) is 28.3 Å². The van der Waals surface area contributed by atoms with Crippen LogP contribution in [0.2, 0.25) is 0 Å². The molecule has 0 saturated heterocycles. The highest BCUT2D eigenvalue weighted by atomic mass is 16.3. The number of amides is 1. The zero-order valence-corrected chi connectivity index (χ0v) is 20.3. The van der Waals surface area contributed by atoms with Crippen LogP contribution in [0.5, 0.6) is 5.75 Å². The van der Waals surface area contributed by atoms with E-state index >= 15 is 0 Å². The summed E-state index contributed by atoms with van der Waals surface area (Å²) >= 11 is 0. The van der Waals surface area contributed by atoms with E-state index in [1.165, 1.54) is 32.1 Å². The van der Waals surface area contributed by atoms with Crippen molar-refractivity contribution in [1.29, 1.82) is 0 Å². The molecule has 1 amide bonds. The van der Waals surface area contributed by atoms with Gasteiger partial charge in [-0.3, -0.25) is 9.59 Å². The van der Waals surface area contributed by atoms with E-state index in [0.717, 1.165) is 61.4 Å². The zero-order valence-electron chi connectivity index (χ0n) is 20.3. The van der Waals surface area contributed by atoms with E-state index < -0.39 is 0 Å². The molecule has 3 N–H and O–H groups in total. The number of aromatic amines is 1. The number of carbonyl (C=O) groups is 2. The first-order chi connectivity index (χ1) is 16.1. The average Bonchev–Trinajstić information content (AvgIpc) is 3.20. The number of fused-ring (bicyclic) bond motifs is 1. The van der Waals surface area contributed by atoms with Crippen molar-refractivity contribution in [2.45, 2.75) is 96.8 Å². The van der Waals surface area contributed by atoms with Crippen molar-refractivity contribution in [2.75, 3.05) is 6.54 Å². The molecule has 0 aliphatic heterocycles. The smallest absolute Gasteiger partial charge is 0.220 e. The van der Waals surface area contributed by atoms with Crippen LogP contribution in [-0.2, 0) is 16.0 Å². The Balaban J connectivity index is 1.44. The molecule has 1 aromatic carbocycles. The summed E-state index contributed by atoms with van der Waals surface area (Å²) in [6.45, 7) is 2.81. The SMILES string of the molecule is CCCCCCCCC(=O)/C=C/CCCCCCC(=O)NCCc1c[nH]c2ccc(O)cc12. The van der Waals surface area contributed by atoms with Gasteiger partial charge in [0, 0.05) is 36.5 Å². The summed E-state index contributed by atoms with van der Waals surface area (Å²) in [5.74, 6) is 0.604. The second-order valence-corrected chi connectivity index (χ2v) is 8.98. The number of carbonyl (C=O) groups excluding carboxylic acids is 2. The molecule has 0 radical (unpaired) electrons. The van der Waals surface area contributed by atoms with Gasteiger partial charge in [0.05, 0.1) is 0 Å². The van der Waals surface area contributed by atoms with Gasteiger partial charge in [-0.05, 0) is 61.9 Å². The molecule has 0 unspecified atom stereocenters. The number of aromatic hydroxyl groups is 1. The van der Waals surface area contributed by atoms with Gasteiger partial charge in [-0.1, -0.05) is 57.9 Å². The van der Waals surface area contributed by atoms with E-state index in [2.05, 4.69) is 17.2 Å². The molecule has 0 bridgehead atoms. The van der Waals surface area contributed by atoms with E-state index in [1.807, 2.05) is 18.3 Å². The van der Waals surface area contributed by atoms with Crippen molar-refractivity contribution >= 4 is 22.6 Å². The number of aromatic nitrogens is 1. The van der Waals surface area contributed by atoms with E-state index in [4.69, 9.17) is 0 Å². The Kier molecular flexibility index (Phi) is 13.0. The average molecular weight is 455 g/mol. The summed E-state index contributed by atoms with van der Waals surface area (Å²) in [5.41, 5.74) is 2.09. The van der Waals surface area contributed by atoms with Crippen molar-refractivity contribution in [3.8, 4) is 5.75 Å². The lowest BCUT2D eigenvalue weighted by molar-refractivity contribution is -0.121. The largest absolute Gasteiger partial charge is 0.508 e. The van der Waals surface area contributed by atoms with Gasteiger partial charge in [-0.2, -0.15) is 0 Å². The third-order valence-electron chi connectivity index (χ3n) is 6.07. The van der Waals surface area contributed by atoms with Gasteiger partial charge in [0.2, 0.25) is 5.91 Å². The second kappa shape index (κ2) is 16.1. The maximum absolute atomic E-state index is 12.1. The Morgan fingerprint density at radius 2 is 1.70 bits per heavy atom. The molecule has 0 saturated carbocycles. The van der Waals surface area contributed by atoms with Crippen LogP contribution in [0.15, 0.2) is 36.5 Å². The Morgan fingerprint density at radius 1 is 0.970 bits per heavy atom. The minimum absolute atomic E-state index is 0.0953. The molecule has 182 valence electrons. The van der Waals surface area contributed by atoms with Crippen LogP contribution in [0.4, 0.5) is 0 Å². The molecule has 5 heteroatoms. The van der Waals surface area contributed by atoms with Gasteiger partial charge in [0.15, 0.2) is 5.78 Å². The number of unbranched alkanes of at least 4 members (excludes halogenated alkanes) is 9. The van der Waals surface area contributed by atoms with Crippen LogP contribution in [0.25, 0.3) is 10.9 Å². The van der Waals surface area contributed by atoms with Crippen LogP contribution in [0.1, 0.15) is 96.0 Å². The van der Waals surface area contributed by atoms with Crippen molar-refractivity contribution in [3.63, 3.8) is 0 Å². The molecule has 0 atom stereocenters. The van der Waals surface area contributed by atoms with Crippen molar-refractivity contribution < 1.29 is 14.7 Å². The fourth-order valence-electron chi connectivity index (χ4n) is 4.08. The third kappa shape index (κ3) is 11.2. The summed E-state index contributed by atoms with van der Waals surface area (Å²) in [6.07, 6.45) is 20.0. The van der Waals surface area contributed by atoms with E-state index in [1.54, 1.807) is 18.2 Å². The number of H-pyrrole nitrogens is 1. The monoisotopic (exact) mass is 454 g/mol. The lowest BCUT2D eigenvalue weighted by Gasteiger charge is -2.05. The molecule has 2 aromatic rings. The summed E-state index contributed by atoms with van der Waals surface area (Å²) < 4.78 is 0. The number of hydrogen-bond acceptors (Lipinski definition) is 3. The molecule has 0 aliphatic carbocycles. The van der Waals surface area contributed by atoms with Crippen LogP contribution < -0.4 is 5.32 Å². The number of rotatable bonds is 18. The number of benzene rings is 1. The Bertz CT molecular complexity index is 869. The number of nitrogens with one attached hydrogen (secondary N) is 2. The molecule has 5 nitrogen and oxygen atoms in total. The van der Waals surface area contributed by atoms with Gasteiger partial charge in [0.25, 0.3) is 0 Å². The highest BCUT2D eigenvalue weighted by Crippen LogP contribution is 2.23. The Labute approximate surface area is 199 Å². The molecule has 1 heterocycles. The highest BCUT2D eigenvalue weighted by Gasteiger charge is 2.06. The summed E-state index contributed by atoms with van der Waals surface area (Å²) in [7, 11) is 0. The third-order valence-corrected chi connectivity index (χ3v) is 6.07. The second-order valence-electron chi connectivity index (χ2n) is 8.98. The van der Waals surface area contributed by atoms with E-state index in [9.17, 15) is 14.7 Å². The van der Waals surface area contributed by atoms with Gasteiger partial charge in [-0.15, -0.1) is 0 Å². The molecular formula is C28H42N2O3. The fourth-order valence-corrected chi connectivity index (χ4v) is 4.08. The highest BCUT2D eigenvalue weighted by molar-refractivity contribution is 5.89. The number of allylic oxidation sites excluding steroid dienone is 2.